The van der Waals surface area contributed by atoms with Crippen LogP contribution in [0.15, 0.2) is 60.7 Å². The highest BCUT2D eigenvalue weighted by molar-refractivity contribution is 5.76. The average Bonchev–Trinajstić information content (AvgIpc) is 2.67. The van der Waals surface area contributed by atoms with Crippen molar-refractivity contribution in [3.8, 4) is 0 Å². The second-order valence-electron chi connectivity index (χ2n) is 6.44. The summed E-state index contributed by atoms with van der Waals surface area (Å²) >= 11 is 0. The van der Waals surface area contributed by atoms with E-state index in [-0.39, 0.29) is 11.9 Å². The van der Waals surface area contributed by atoms with Crippen LogP contribution in [0.4, 0.5) is 0 Å². The zero-order chi connectivity index (χ0) is 17.3. The zero-order valence-electron chi connectivity index (χ0n) is 14.5. The number of hydrogen-bond acceptors (Lipinski definition) is 3. The Morgan fingerprint density at radius 1 is 1.08 bits per heavy atom. The van der Waals surface area contributed by atoms with Gasteiger partial charge in [-0.15, -0.1) is 0 Å². The molecule has 2 N–H and O–H groups in total. The van der Waals surface area contributed by atoms with Gasteiger partial charge in [0.1, 0.15) is 0 Å². The molecular formula is C21H26N2O2. The Morgan fingerprint density at radius 2 is 1.72 bits per heavy atom. The Balaban J connectivity index is 1.55. The van der Waals surface area contributed by atoms with Gasteiger partial charge in [-0.25, -0.2) is 0 Å². The second kappa shape index (κ2) is 9.35. The quantitative estimate of drug-likeness (QED) is 0.816. The Hall–Kier alpha value is -2.17. The van der Waals surface area contributed by atoms with E-state index in [1.807, 2.05) is 12.1 Å². The Morgan fingerprint density at radius 3 is 2.28 bits per heavy atom. The summed E-state index contributed by atoms with van der Waals surface area (Å²) in [5.41, 5.74) is 2.57. The fourth-order valence-corrected chi connectivity index (χ4v) is 3.30. The standard InChI is InChI=1S/C21H26N2O2/c24-21(15-19-16-25-14-13-22-19)23-12-11-20(17-7-3-1-4-8-17)18-9-5-2-6-10-18/h1-10,19-20,22H,11-16H2,(H,23,24)/t19-/m1/s1. The number of morpholine rings is 1. The summed E-state index contributed by atoms with van der Waals surface area (Å²) < 4.78 is 5.40. The van der Waals surface area contributed by atoms with Crippen molar-refractivity contribution in [1.82, 2.24) is 10.6 Å². The maximum atomic E-state index is 12.2. The smallest absolute Gasteiger partial charge is 0.221 e. The normalized spacial score (nSPS) is 17.4. The topological polar surface area (TPSA) is 50.4 Å². The average molecular weight is 338 g/mol. The number of rotatable bonds is 7. The number of benzene rings is 2. The van der Waals surface area contributed by atoms with Crippen LogP contribution in [0, 0.1) is 0 Å². The summed E-state index contributed by atoms with van der Waals surface area (Å²) in [5.74, 6) is 0.377. The molecule has 132 valence electrons. The minimum absolute atomic E-state index is 0.0860. The van der Waals surface area contributed by atoms with Crippen LogP contribution >= 0.6 is 0 Å². The molecule has 1 aliphatic heterocycles. The van der Waals surface area contributed by atoms with Gasteiger partial charge < -0.3 is 15.4 Å². The Kier molecular flexibility index (Phi) is 6.60. The largest absolute Gasteiger partial charge is 0.378 e. The lowest BCUT2D eigenvalue weighted by Gasteiger charge is -2.23. The van der Waals surface area contributed by atoms with Crippen molar-refractivity contribution in [2.75, 3.05) is 26.3 Å². The molecule has 1 fully saturated rings. The van der Waals surface area contributed by atoms with Crippen LogP contribution in [0.3, 0.4) is 0 Å². The fraction of sp³-hybridized carbons (Fsp3) is 0.381. The van der Waals surface area contributed by atoms with Crippen molar-refractivity contribution in [3.05, 3.63) is 71.8 Å². The van der Waals surface area contributed by atoms with Gasteiger partial charge in [0.25, 0.3) is 0 Å². The van der Waals surface area contributed by atoms with E-state index in [4.69, 9.17) is 4.74 Å². The van der Waals surface area contributed by atoms with Crippen molar-refractivity contribution >= 4 is 5.91 Å². The molecule has 4 heteroatoms. The molecule has 4 nitrogen and oxygen atoms in total. The van der Waals surface area contributed by atoms with Crippen LogP contribution in [0.25, 0.3) is 0 Å². The van der Waals surface area contributed by atoms with Crippen LogP contribution in [-0.2, 0) is 9.53 Å². The van der Waals surface area contributed by atoms with Crippen LogP contribution in [0.5, 0.6) is 0 Å². The first-order valence-corrected chi connectivity index (χ1v) is 9.00. The van der Waals surface area contributed by atoms with Gasteiger partial charge in [0, 0.05) is 31.5 Å². The maximum Gasteiger partial charge on any atom is 0.221 e. The van der Waals surface area contributed by atoms with E-state index in [0.717, 1.165) is 19.6 Å². The fourth-order valence-electron chi connectivity index (χ4n) is 3.30. The van der Waals surface area contributed by atoms with Gasteiger partial charge in [-0.05, 0) is 17.5 Å². The van der Waals surface area contributed by atoms with E-state index in [1.54, 1.807) is 0 Å². The lowest BCUT2D eigenvalue weighted by atomic mass is 9.88. The summed E-state index contributed by atoms with van der Waals surface area (Å²) in [7, 11) is 0. The monoisotopic (exact) mass is 338 g/mol. The molecule has 0 bridgehead atoms. The van der Waals surface area contributed by atoms with Gasteiger partial charge in [-0.2, -0.15) is 0 Å². The molecule has 1 atom stereocenters. The molecule has 0 unspecified atom stereocenters. The molecule has 3 rings (SSSR count). The van der Waals surface area contributed by atoms with E-state index in [0.29, 0.717) is 25.5 Å². The first kappa shape index (κ1) is 17.6. The predicted molar refractivity (Wildman–Crippen MR) is 99.6 cm³/mol. The minimum atomic E-state index is 0.0860. The molecule has 1 heterocycles. The van der Waals surface area contributed by atoms with E-state index in [9.17, 15) is 4.79 Å². The third-order valence-corrected chi connectivity index (χ3v) is 4.59. The highest BCUT2D eigenvalue weighted by Crippen LogP contribution is 2.27. The summed E-state index contributed by atoms with van der Waals surface area (Å²) in [6.07, 6.45) is 1.36. The van der Waals surface area contributed by atoms with Gasteiger partial charge in [0.05, 0.1) is 13.2 Å². The summed E-state index contributed by atoms with van der Waals surface area (Å²) in [6, 6.07) is 21.1. The lowest BCUT2D eigenvalue weighted by Crippen LogP contribution is -2.44. The number of amides is 1. The lowest BCUT2D eigenvalue weighted by molar-refractivity contribution is -0.122. The zero-order valence-corrected chi connectivity index (χ0v) is 14.5. The van der Waals surface area contributed by atoms with Gasteiger partial charge in [-0.1, -0.05) is 60.7 Å². The van der Waals surface area contributed by atoms with Crippen LogP contribution in [-0.4, -0.2) is 38.3 Å². The third kappa shape index (κ3) is 5.41. The van der Waals surface area contributed by atoms with E-state index in [1.165, 1.54) is 11.1 Å². The summed E-state index contributed by atoms with van der Waals surface area (Å²) in [5, 5.41) is 6.38. The van der Waals surface area contributed by atoms with E-state index < -0.39 is 0 Å². The molecule has 0 spiro atoms. The van der Waals surface area contributed by atoms with Crippen molar-refractivity contribution in [3.63, 3.8) is 0 Å². The Bertz CT molecular complexity index is 600. The molecule has 25 heavy (non-hydrogen) atoms. The number of ether oxygens (including phenoxy) is 1. The summed E-state index contributed by atoms with van der Waals surface area (Å²) in [6.45, 7) is 2.83. The molecule has 1 amide bonds. The molecule has 0 aliphatic carbocycles. The van der Waals surface area contributed by atoms with Crippen LogP contribution < -0.4 is 10.6 Å². The number of carbonyl (C=O) groups is 1. The predicted octanol–water partition coefficient (Wildman–Crippen LogP) is 2.70. The number of carbonyl (C=O) groups excluding carboxylic acids is 1. The van der Waals surface area contributed by atoms with Gasteiger partial charge in [0.2, 0.25) is 5.91 Å². The number of hydrogen-bond donors (Lipinski definition) is 2. The molecule has 0 aromatic heterocycles. The highest BCUT2D eigenvalue weighted by atomic mass is 16.5. The molecule has 2 aromatic carbocycles. The van der Waals surface area contributed by atoms with Crippen LogP contribution in [0.1, 0.15) is 29.9 Å². The third-order valence-electron chi connectivity index (χ3n) is 4.59. The van der Waals surface area contributed by atoms with E-state index >= 15 is 0 Å². The molecule has 1 aliphatic rings. The van der Waals surface area contributed by atoms with Crippen molar-refractivity contribution < 1.29 is 9.53 Å². The summed E-state index contributed by atoms with van der Waals surface area (Å²) in [4.78, 5) is 12.2. The van der Waals surface area contributed by atoms with Gasteiger partial charge >= 0.3 is 0 Å². The minimum Gasteiger partial charge on any atom is -0.378 e. The van der Waals surface area contributed by atoms with Crippen molar-refractivity contribution in [1.29, 1.82) is 0 Å². The highest BCUT2D eigenvalue weighted by Gasteiger charge is 2.18. The van der Waals surface area contributed by atoms with Crippen LogP contribution in [0.2, 0.25) is 0 Å². The van der Waals surface area contributed by atoms with Crippen molar-refractivity contribution in [2.45, 2.75) is 24.8 Å². The van der Waals surface area contributed by atoms with Crippen molar-refractivity contribution in [2.24, 2.45) is 0 Å². The maximum absolute atomic E-state index is 12.2. The molecule has 0 radical (unpaired) electrons. The number of nitrogens with one attached hydrogen (secondary N) is 2. The van der Waals surface area contributed by atoms with E-state index in [2.05, 4.69) is 59.2 Å². The molecule has 2 aromatic rings. The van der Waals surface area contributed by atoms with Gasteiger partial charge in [-0.3, -0.25) is 4.79 Å². The SMILES string of the molecule is O=C(C[C@@H]1COCCN1)NCCC(c1ccccc1)c1ccccc1. The first-order chi connectivity index (χ1) is 12.3. The Labute approximate surface area is 149 Å². The molecule has 1 saturated heterocycles. The first-order valence-electron chi connectivity index (χ1n) is 9.00. The van der Waals surface area contributed by atoms with Gasteiger partial charge in [0.15, 0.2) is 0 Å². The molecule has 0 saturated carbocycles. The second-order valence-corrected chi connectivity index (χ2v) is 6.44. The molecular weight excluding hydrogens is 312 g/mol.